The van der Waals surface area contributed by atoms with Gasteiger partial charge < -0.3 is 5.32 Å². The van der Waals surface area contributed by atoms with Crippen LogP contribution in [0.15, 0.2) is 36.4 Å². The zero-order chi connectivity index (χ0) is 16.1. The quantitative estimate of drug-likeness (QED) is 0.733. The number of fused-ring (bicyclic) bond motifs is 3. The lowest BCUT2D eigenvalue weighted by atomic mass is 10.1. The molecule has 22 heavy (non-hydrogen) atoms. The Morgan fingerprint density at radius 2 is 1.68 bits per heavy atom. The van der Waals surface area contributed by atoms with Crippen LogP contribution < -0.4 is 5.32 Å². The topological polar surface area (TPSA) is 46.2 Å². The Balaban J connectivity index is 2.06. The minimum Gasteiger partial charge on any atom is -0.318 e. The maximum Gasteiger partial charge on any atom is 0.471 e. The fraction of sp³-hybridized carbons (Fsp3) is 0.0667. The van der Waals surface area contributed by atoms with Crippen molar-refractivity contribution in [1.29, 1.82) is 0 Å². The highest BCUT2D eigenvalue weighted by Gasteiger charge is 2.39. The third-order valence-corrected chi connectivity index (χ3v) is 3.59. The fourth-order valence-corrected chi connectivity index (χ4v) is 2.70. The first-order valence-corrected chi connectivity index (χ1v) is 6.52. The number of alkyl halides is 3. The molecule has 0 atom stereocenters. The summed E-state index contributed by atoms with van der Waals surface area (Å²) in [5, 5.41) is 1.80. The Bertz CT molecular complexity index is 815. The average Bonchev–Trinajstić information content (AvgIpc) is 2.72. The molecule has 0 saturated carbocycles. The number of anilines is 1. The number of hydrogen-bond acceptors (Lipinski definition) is 2. The van der Waals surface area contributed by atoms with Gasteiger partial charge in [0, 0.05) is 22.4 Å². The van der Waals surface area contributed by atoms with E-state index in [4.69, 9.17) is 11.6 Å². The molecule has 1 N–H and O–H groups in total. The monoisotopic (exact) mass is 325 g/mol. The number of benzene rings is 2. The van der Waals surface area contributed by atoms with Crippen molar-refractivity contribution in [2.24, 2.45) is 0 Å². The van der Waals surface area contributed by atoms with Crippen LogP contribution in [0, 0.1) is 0 Å². The van der Waals surface area contributed by atoms with Crippen LogP contribution in [0.2, 0.25) is 5.02 Å². The highest BCUT2D eigenvalue weighted by atomic mass is 35.5. The standard InChI is InChI=1S/C15H7ClF3NO2/c16-11-6-7(20-14(22)15(17,18)19)5-10-12(11)8-3-1-2-4-9(8)13(10)21/h1-6H,(H,20,22). The summed E-state index contributed by atoms with van der Waals surface area (Å²) >= 11 is 6.08. The van der Waals surface area contributed by atoms with Crippen LogP contribution in [0.4, 0.5) is 18.9 Å². The van der Waals surface area contributed by atoms with Crippen molar-refractivity contribution in [3.05, 3.63) is 52.5 Å². The second kappa shape index (κ2) is 4.84. The lowest BCUT2D eigenvalue weighted by Gasteiger charge is -2.10. The first-order valence-electron chi connectivity index (χ1n) is 6.15. The molecule has 3 nitrogen and oxygen atoms in total. The molecule has 3 rings (SSSR count). The van der Waals surface area contributed by atoms with E-state index >= 15 is 0 Å². The highest BCUT2D eigenvalue weighted by Crippen LogP contribution is 2.42. The molecule has 0 fully saturated rings. The summed E-state index contributed by atoms with van der Waals surface area (Å²) in [5.41, 5.74) is 1.52. The molecule has 0 aliphatic heterocycles. The van der Waals surface area contributed by atoms with Crippen LogP contribution in [0.3, 0.4) is 0 Å². The van der Waals surface area contributed by atoms with Gasteiger partial charge in [-0.2, -0.15) is 13.2 Å². The third-order valence-electron chi connectivity index (χ3n) is 3.29. The summed E-state index contributed by atoms with van der Waals surface area (Å²) in [4.78, 5) is 23.3. The van der Waals surface area contributed by atoms with Crippen LogP contribution >= 0.6 is 11.6 Å². The molecule has 1 amide bonds. The molecule has 7 heteroatoms. The molecule has 0 spiro atoms. The molecule has 0 radical (unpaired) electrons. The van der Waals surface area contributed by atoms with E-state index in [-0.39, 0.29) is 22.1 Å². The summed E-state index contributed by atoms with van der Waals surface area (Å²) in [6, 6.07) is 9.13. The summed E-state index contributed by atoms with van der Waals surface area (Å²) in [7, 11) is 0. The van der Waals surface area contributed by atoms with Crippen LogP contribution in [-0.4, -0.2) is 17.9 Å². The predicted molar refractivity (Wildman–Crippen MR) is 75.0 cm³/mol. The van der Waals surface area contributed by atoms with Gasteiger partial charge in [-0.1, -0.05) is 35.9 Å². The van der Waals surface area contributed by atoms with E-state index in [2.05, 4.69) is 0 Å². The molecule has 0 heterocycles. The van der Waals surface area contributed by atoms with Gasteiger partial charge >= 0.3 is 12.1 Å². The molecule has 2 aromatic rings. The molecule has 1 aliphatic carbocycles. The van der Waals surface area contributed by atoms with Crippen molar-refractivity contribution in [3.63, 3.8) is 0 Å². The Labute approximate surface area is 127 Å². The molecule has 2 aromatic carbocycles. The van der Waals surface area contributed by atoms with E-state index < -0.39 is 12.1 Å². The molecule has 0 saturated heterocycles. The lowest BCUT2D eigenvalue weighted by Crippen LogP contribution is -2.30. The normalized spacial score (nSPS) is 12.8. The van der Waals surface area contributed by atoms with Crippen LogP contribution in [0.5, 0.6) is 0 Å². The maximum atomic E-state index is 12.3. The average molecular weight is 326 g/mol. The van der Waals surface area contributed by atoms with Gasteiger partial charge in [0.1, 0.15) is 0 Å². The molecule has 112 valence electrons. The van der Waals surface area contributed by atoms with Gasteiger partial charge in [-0.3, -0.25) is 9.59 Å². The number of carbonyl (C=O) groups excluding carboxylic acids is 2. The number of nitrogens with one attached hydrogen (secondary N) is 1. The van der Waals surface area contributed by atoms with Gasteiger partial charge in [0.05, 0.1) is 5.02 Å². The van der Waals surface area contributed by atoms with Gasteiger partial charge in [0.15, 0.2) is 5.78 Å². The summed E-state index contributed by atoms with van der Waals surface area (Å²) in [5.74, 6) is -2.46. The molecular formula is C15H7ClF3NO2. The Kier molecular flexibility index (Phi) is 3.21. The van der Waals surface area contributed by atoms with Crippen molar-refractivity contribution in [3.8, 4) is 11.1 Å². The van der Waals surface area contributed by atoms with Crippen molar-refractivity contribution in [2.75, 3.05) is 5.32 Å². The highest BCUT2D eigenvalue weighted by molar-refractivity contribution is 6.37. The zero-order valence-corrected chi connectivity index (χ0v) is 11.5. The van der Waals surface area contributed by atoms with Crippen molar-refractivity contribution in [1.82, 2.24) is 0 Å². The second-order valence-electron chi connectivity index (χ2n) is 4.71. The third kappa shape index (κ3) is 2.25. The van der Waals surface area contributed by atoms with E-state index in [1.807, 2.05) is 0 Å². The first-order chi connectivity index (χ1) is 10.3. The number of hydrogen-bond donors (Lipinski definition) is 1. The minimum atomic E-state index is -5.02. The van der Waals surface area contributed by atoms with E-state index in [1.54, 1.807) is 29.6 Å². The number of halogens is 4. The van der Waals surface area contributed by atoms with Crippen molar-refractivity contribution >= 4 is 29.0 Å². The number of amides is 1. The van der Waals surface area contributed by atoms with Gasteiger partial charge in [0.2, 0.25) is 0 Å². The van der Waals surface area contributed by atoms with Gasteiger partial charge in [-0.15, -0.1) is 0 Å². The van der Waals surface area contributed by atoms with E-state index in [0.29, 0.717) is 16.7 Å². The SMILES string of the molecule is O=C1c2ccccc2-c2c(Cl)cc(NC(=O)C(F)(F)F)cc21. The van der Waals surface area contributed by atoms with Crippen LogP contribution in [-0.2, 0) is 4.79 Å². The lowest BCUT2D eigenvalue weighted by molar-refractivity contribution is -0.167. The number of rotatable bonds is 1. The molecule has 0 unspecified atom stereocenters. The van der Waals surface area contributed by atoms with Crippen molar-refractivity contribution < 1.29 is 22.8 Å². The smallest absolute Gasteiger partial charge is 0.318 e. The molecular weight excluding hydrogens is 319 g/mol. The molecule has 0 bridgehead atoms. The Morgan fingerprint density at radius 3 is 2.32 bits per heavy atom. The van der Waals surface area contributed by atoms with Crippen LogP contribution in [0.25, 0.3) is 11.1 Å². The van der Waals surface area contributed by atoms with E-state index in [1.165, 1.54) is 12.1 Å². The van der Waals surface area contributed by atoms with Gasteiger partial charge in [-0.25, -0.2) is 0 Å². The van der Waals surface area contributed by atoms with Crippen LogP contribution in [0.1, 0.15) is 15.9 Å². The first kappa shape index (κ1) is 14.6. The number of ketones is 1. The Hall–Kier alpha value is -2.34. The van der Waals surface area contributed by atoms with E-state index in [9.17, 15) is 22.8 Å². The fourth-order valence-electron chi connectivity index (χ4n) is 2.38. The predicted octanol–water partition coefficient (Wildman–Crippen LogP) is 4.05. The summed E-state index contributed by atoms with van der Waals surface area (Å²) in [6.45, 7) is 0. The largest absolute Gasteiger partial charge is 0.471 e. The molecule has 0 aromatic heterocycles. The maximum absolute atomic E-state index is 12.3. The Morgan fingerprint density at radius 1 is 1.05 bits per heavy atom. The van der Waals surface area contributed by atoms with Gasteiger partial charge in [-0.05, 0) is 17.7 Å². The zero-order valence-electron chi connectivity index (χ0n) is 10.8. The number of carbonyl (C=O) groups is 2. The molecule has 1 aliphatic rings. The van der Waals surface area contributed by atoms with E-state index in [0.717, 1.165) is 0 Å². The summed E-state index contributed by atoms with van der Waals surface area (Å²) < 4.78 is 36.9. The van der Waals surface area contributed by atoms with Crippen molar-refractivity contribution in [2.45, 2.75) is 6.18 Å². The second-order valence-corrected chi connectivity index (χ2v) is 5.11. The minimum absolute atomic E-state index is 0.105. The van der Waals surface area contributed by atoms with Gasteiger partial charge in [0.25, 0.3) is 0 Å². The summed E-state index contributed by atoms with van der Waals surface area (Å²) in [6.07, 6.45) is -5.02.